The highest BCUT2D eigenvalue weighted by Crippen LogP contribution is 2.13. The third-order valence-electron chi connectivity index (χ3n) is 2.63. The predicted molar refractivity (Wildman–Crippen MR) is 69.5 cm³/mol. The molecular weight excluding hydrogens is 238 g/mol. The molecule has 0 aliphatic heterocycles. The number of rotatable bonds is 9. The molecule has 0 saturated heterocycles. The maximum absolute atomic E-state index is 11.1. The van der Waals surface area contributed by atoms with Crippen LogP contribution < -0.4 is 0 Å². The zero-order chi connectivity index (χ0) is 13.3. The van der Waals surface area contributed by atoms with Gasteiger partial charge in [0.1, 0.15) is 0 Å². The van der Waals surface area contributed by atoms with Gasteiger partial charge in [-0.05, 0) is 20.3 Å². The van der Waals surface area contributed by atoms with Crippen LogP contribution in [0.2, 0.25) is 0 Å². The standard InChI is InChI=1S/C11H25NO4Si/c1-5-8-9-10(12(4)11(13)14)17(15-6-2)16-7-3/h10,17H,5-9H2,1-4H3,(H,13,14). The Bertz CT molecular complexity index is 210. The van der Waals surface area contributed by atoms with E-state index >= 15 is 0 Å². The number of amides is 1. The molecule has 0 aromatic rings. The third kappa shape index (κ3) is 6.04. The molecule has 0 bridgehead atoms. The minimum absolute atomic E-state index is 0.104. The molecule has 0 saturated carbocycles. The Balaban J connectivity index is 4.63. The molecule has 0 aliphatic carbocycles. The largest absolute Gasteiger partial charge is 0.465 e. The van der Waals surface area contributed by atoms with Gasteiger partial charge < -0.3 is 18.9 Å². The van der Waals surface area contributed by atoms with Crippen LogP contribution in [0.3, 0.4) is 0 Å². The molecule has 0 aliphatic rings. The average Bonchev–Trinajstić information content (AvgIpc) is 2.29. The van der Waals surface area contributed by atoms with Gasteiger partial charge in [0.05, 0.1) is 5.67 Å². The van der Waals surface area contributed by atoms with Crippen molar-refractivity contribution in [1.29, 1.82) is 0 Å². The summed E-state index contributed by atoms with van der Waals surface area (Å²) in [5.41, 5.74) is -0.104. The van der Waals surface area contributed by atoms with E-state index in [1.165, 1.54) is 4.90 Å². The first kappa shape index (κ1) is 16.4. The van der Waals surface area contributed by atoms with E-state index in [1.807, 2.05) is 13.8 Å². The van der Waals surface area contributed by atoms with Crippen molar-refractivity contribution < 1.29 is 18.8 Å². The van der Waals surface area contributed by atoms with Gasteiger partial charge in [0.2, 0.25) is 0 Å². The molecule has 0 fully saturated rings. The van der Waals surface area contributed by atoms with E-state index in [1.54, 1.807) is 7.05 Å². The number of hydrogen-bond donors (Lipinski definition) is 1. The summed E-state index contributed by atoms with van der Waals surface area (Å²) in [6.07, 6.45) is 1.94. The lowest BCUT2D eigenvalue weighted by molar-refractivity contribution is 0.127. The normalized spacial score (nSPS) is 12.8. The Hall–Kier alpha value is -0.593. The van der Waals surface area contributed by atoms with Gasteiger partial charge in [0, 0.05) is 20.3 Å². The van der Waals surface area contributed by atoms with Crippen molar-refractivity contribution in [2.45, 2.75) is 45.7 Å². The molecule has 1 amide bonds. The van der Waals surface area contributed by atoms with E-state index in [4.69, 9.17) is 14.0 Å². The van der Waals surface area contributed by atoms with E-state index < -0.39 is 15.4 Å². The molecule has 0 aromatic carbocycles. The van der Waals surface area contributed by atoms with Crippen LogP contribution in [0.15, 0.2) is 0 Å². The van der Waals surface area contributed by atoms with Crippen molar-refractivity contribution in [2.75, 3.05) is 20.3 Å². The van der Waals surface area contributed by atoms with Gasteiger partial charge in [-0.1, -0.05) is 19.8 Å². The minimum atomic E-state index is -1.95. The number of unbranched alkanes of at least 4 members (excludes halogenated alkanes) is 1. The topological polar surface area (TPSA) is 59.0 Å². The Kier molecular flexibility index (Phi) is 9.11. The first-order chi connectivity index (χ1) is 8.08. The van der Waals surface area contributed by atoms with Crippen molar-refractivity contribution >= 4 is 15.4 Å². The van der Waals surface area contributed by atoms with Crippen LogP contribution in [0.1, 0.15) is 40.0 Å². The lowest BCUT2D eigenvalue weighted by Crippen LogP contribution is -2.50. The van der Waals surface area contributed by atoms with Gasteiger partial charge in [-0.2, -0.15) is 0 Å². The summed E-state index contributed by atoms with van der Waals surface area (Å²) in [7, 11) is -0.351. The van der Waals surface area contributed by atoms with Crippen LogP contribution in [0.4, 0.5) is 4.79 Å². The summed E-state index contributed by atoms with van der Waals surface area (Å²) < 4.78 is 11.2. The second-order valence-electron chi connectivity index (χ2n) is 3.88. The summed E-state index contributed by atoms with van der Waals surface area (Å²) in [4.78, 5) is 12.4. The smallest absolute Gasteiger partial charge is 0.407 e. The lowest BCUT2D eigenvalue weighted by atomic mass is 10.2. The van der Waals surface area contributed by atoms with E-state index in [9.17, 15) is 4.79 Å². The van der Waals surface area contributed by atoms with Gasteiger partial charge in [-0.3, -0.25) is 0 Å². The molecule has 0 heterocycles. The molecule has 1 unspecified atom stereocenters. The number of hydrogen-bond acceptors (Lipinski definition) is 3. The summed E-state index contributed by atoms with van der Waals surface area (Å²) in [6.45, 7) is 7.07. The van der Waals surface area contributed by atoms with Gasteiger partial charge in [0.15, 0.2) is 0 Å². The Morgan fingerprint density at radius 1 is 1.29 bits per heavy atom. The van der Waals surface area contributed by atoms with Crippen LogP contribution in [0.5, 0.6) is 0 Å². The van der Waals surface area contributed by atoms with E-state index in [0.29, 0.717) is 13.2 Å². The monoisotopic (exact) mass is 263 g/mol. The van der Waals surface area contributed by atoms with Crippen LogP contribution in [-0.2, 0) is 8.85 Å². The second kappa shape index (κ2) is 9.44. The fraction of sp³-hybridized carbons (Fsp3) is 0.909. The molecule has 0 aromatic heterocycles. The van der Waals surface area contributed by atoms with Crippen molar-refractivity contribution in [1.82, 2.24) is 4.90 Å². The summed E-state index contributed by atoms with van der Waals surface area (Å²) >= 11 is 0. The molecule has 1 atom stereocenters. The maximum atomic E-state index is 11.1. The van der Waals surface area contributed by atoms with Gasteiger partial charge in [0.25, 0.3) is 0 Å². The van der Waals surface area contributed by atoms with E-state index in [0.717, 1.165) is 19.3 Å². The molecule has 102 valence electrons. The molecule has 6 heteroatoms. The summed E-state index contributed by atoms with van der Waals surface area (Å²) in [6, 6.07) is 0. The van der Waals surface area contributed by atoms with Crippen molar-refractivity contribution in [3.05, 3.63) is 0 Å². The Labute approximate surface area is 106 Å². The van der Waals surface area contributed by atoms with Crippen LogP contribution in [0.25, 0.3) is 0 Å². The van der Waals surface area contributed by atoms with Gasteiger partial charge >= 0.3 is 15.4 Å². The van der Waals surface area contributed by atoms with Crippen LogP contribution in [-0.4, -0.2) is 51.3 Å². The van der Waals surface area contributed by atoms with Crippen LogP contribution in [0, 0.1) is 0 Å². The first-order valence-corrected chi connectivity index (χ1v) is 7.88. The van der Waals surface area contributed by atoms with Gasteiger partial charge in [-0.15, -0.1) is 0 Å². The minimum Gasteiger partial charge on any atom is -0.465 e. The third-order valence-corrected chi connectivity index (χ3v) is 5.36. The molecule has 1 N–H and O–H groups in total. The van der Waals surface area contributed by atoms with Crippen molar-refractivity contribution in [2.24, 2.45) is 0 Å². The zero-order valence-electron chi connectivity index (χ0n) is 11.3. The van der Waals surface area contributed by atoms with Crippen molar-refractivity contribution in [3.8, 4) is 0 Å². The molecular formula is C11H25NO4Si. The average molecular weight is 263 g/mol. The SMILES string of the molecule is CCCCC(N(C)C(=O)O)[SiH](OCC)OCC. The Morgan fingerprint density at radius 3 is 2.18 bits per heavy atom. The molecule has 17 heavy (non-hydrogen) atoms. The highest BCUT2D eigenvalue weighted by molar-refractivity contribution is 6.46. The van der Waals surface area contributed by atoms with E-state index in [2.05, 4.69) is 6.92 Å². The fourth-order valence-electron chi connectivity index (χ4n) is 1.67. The number of carboxylic acid groups (broad SMARTS) is 1. The predicted octanol–water partition coefficient (Wildman–Crippen LogP) is 1.99. The fourth-order valence-corrected chi connectivity index (χ4v) is 3.86. The van der Waals surface area contributed by atoms with E-state index in [-0.39, 0.29) is 5.67 Å². The molecule has 0 radical (unpaired) electrons. The number of nitrogens with zero attached hydrogens (tertiary/aromatic N) is 1. The van der Waals surface area contributed by atoms with Crippen LogP contribution >= 0.6 is 0 Å². The molecule has 0 spiro atoms. The molecule has 5 nitrogen and oxygen atoms in total. The van der Waals surface area contributed by atoms with Gasteiger partial charge in [-0.25, -0.2) is 4.79 Å². The number of carbonyl (C=O) groups is 1. The Morgan fingerprint density at radius 2 is 1.82 bits per heavy atom. The lowest BCUT2D eigenvalue weighted by Gasteiger charge is -2.30. The zero-order valence-corrected chi connectivity index (χ0v) is 12.5. The molecule has 0 rings (SSSR count). The quantitative estimate of drug-likeness (QED) is 0.646. The summed E-state index contributed by atoms with van der Waals surface area (Å²) in [5.74, 6) is 0. The van der Waals surface area contributed by atoms with Crippen molar-refractivity contribution in [3.63, 3.8) is 0 Å². The maximum Gasteiger partial charge on any atom is 0.407 e. The summed E-state index contributed by atoms with van der Waals surface area (Å²) in [5, 5.41) is 9.07. The highest BCUT2D eigenvalue weighted by Gasteiger charge is 2.31. The second-order valence-corrected chi connectivity index (χ2v) is 6.06. The first-order valence-electron chi connectivity index (χ1n) is 6.27. The highest BCUT2D eigenvalue weighted by atomic mass is 28.3.